The second kappa shape index (κ2) is 10.2. The van der Waals surface area contributed by atoms with E-state index in [-0.39, 0.29) is 28.8 Å². The summed E-state index contributed by atoms with van der Waals surface area (Å²) in [5, 5.41) is 11.1. The lowest BCUT2D eigenvalue weighted by Gasteiger charge is -2.30. The van der Waals surface area contributed by atoms with Gasteiger partial charge in [-0.05, 0) is 55.5 Å². The minimum atomic E-state index is -3.84. The first-order valence-corrected chi connectivity index (χ1v) is 10.9. The van der Waals surface area contributed by atoms with Crippen molar-refractivity contribution >= 4 is 57.7 Å². The maximum atomic E-state index is 12.8. The van der Waals surface area contributed by atoms with Crippen LogP contribution < -0.4 is 10.1 Å². The number of hydrogen-bond donors (Lipinski definition) is 2. The van der Waals surface area contributed by atoms with Crippen molar-refractivity contribution in [2.24, 2.45) is 4.99 Å². The number of nitrogens with zero attached hydrogens (tertiary/aromatic N) is 2. The molecule has 0 spiro atoms. The van der Waals surface area contributed by atoms with Crippen LogP contribution >= 0.6 is 23.4 Å². The van der Waals surface area contributed by atoms with E-state index in [0.717, 1.165) is 11.8 Å². The number of carboxylic acids is 1. The van der Waals surface area contributed by atoms with E-state index in [2.05, 4.69) is 15.0 Å². The smallest absolute Gasteiger partial charge is 0.478 e. The Morgan fingerprint density at radius 1 is 1.24 bits per heavy atom. The van der Waals surface area contributed by atoms with Gasteiger partial charge in [0, 0.05) is 30.3 Å². The number of aromatic carboxylic acids is 1. The molecule has 0 aromatic heterocycles. The van der Waals surface area contributed by atoms with E-state index in [9.17, 15) is 23.2 Å². The number of halogens is 3. The normalized spacial score (nSPS) is 17.7. The number of ether oxygens (including phenoxy) is 1. The third kappa shape index (κ3) is 6.65. The molecule has 2 aromatic rings. The van der Waals surface area contributed by atoms with E-state index in [1.165, 1.54) is 53.4 Å². The molecule has 0 bridgehead atoms. The first-order valence-electron chi connectivity index (χ1n) is 9.61. The van der Waals surface area contributed by atoms with Crippen LogP contribution in [0.25, 0.3) is 0 Å². The highest BCUT2D eigenvalue weighted by Gasteiger charge is 2.35. The minimum Gasteiger partial charge on any atom is -0.478 e. The number of amides is 2. The Labute approximate surface area is 196 Å². The predicted molar refractivity (Wildman–Crippen MR) is 120 cm³/mol. The lowest BCUT2D eigenvalue weighted by atomic mass is 10.2. The molecule has 8 nitrogen and oxygen atoms in total. The number of carbonyl (C=O) groups excluding carboxylic acids is 2. The summed E-state index contributed by atoms with van der Waals surface area (Å²) in [5.74, 6) is -1.98. The van der Waals surface area contributed by atoms with Gasteiger partial charge < -0.3 is 15.2 Å². The van der Waals surface area contributed by atoms with Crippen molar-refractivity contribution in [3.63, 3.8) is 0 Å². The number of anilines is 1. The third-order valence-electron chi connectivity index (χ3n) is 4.44. The Bertz CT molecular complexity index is 1070. The summed E-state index contributed by atoms with van der Waals surface area (Å²) in [6.45, 7) is 2.09. The van der Waals surface area contributed by atoms with Gasteiger partial charge in [0.15, 0.2) is 5.17 Å². The van der Waals surface area contributed by atoms with E-state index >= 15 is 0 Å². The number of thioether (sulfide) groups is 1. The van der Waals surface area contributed by atoms with Gasteiger partial charge in [0.25, 0.3) is 0 Å². The average molecular weight is 498 g/mol. The number of carboxylic acid groups (broad SMARTS) is 1. The quantitative estimate of drug-likeness (QED) is 0.544. The Morgan fingerprint density at radius 2 is 1.88 bits per heavy atom. The van der Waals surface area contributed by atoms with E-state index in [1.54, 1.807) is 6.92 Å². The Morgan fingerprint density at radius 3 is 2.42 bits per heavy atom. The zero-order valence-electron chi connectivity index (χ0n) is 17.1. The van der Waals surface area contributed by atoms with E-state index < -0.39 is 22.7 Å². The van der Waals surface area contributed by atoms with Crippen LogP contribution in [0.5, 0.6) is 5.75 Å². The molecule has 1 unspecified atom stereocenters. The molecule has 2 amide bonds. The summed E-state index contributed by atoms with van der Waals surface area (Å²) in [6, 6.07) is 11.0. The minimum absolute atomic E-state index is 0.0475. The molecular weight excluding hydrogens is 480 g/mol. The van der Waals surface area contributed by atoms with E-state index in [1.807, 2.05) is 0 Å². The lowest BCUT2D eigenvalue weighted by molar-refractivity contribution is -0.129. The summed E-state index contributed by atoms with van der Waals surface area (Å²) in [5.41, 5.74) is -3.01. The van der Waals surface area contributed by atoms with E-state index in [4.69, 9.17) is 16.7 Å². The van der Waals surface area contributed by atoms with Gasteiger partial charge in [-0.1, -0.05) is 11.8 Å². The number of benzene rings is 2. The van der Waals surface area contributed by atoms with Crippen LogP contribution in [0.15, 0.2) is 53.5 Å². The highest BCUT2D eigenvalue weighted by Crippen LogP contribution is 2.31. The van der Waals surface area contributed by atoms with Gasteiger partial charge >= 0.3 is 11.5 Å². The SMILES string of the molecule is CCN1C(=O)CC(C(=O)Nc2ccc(C(=O)O)cc2)SC1=Nc1ccc(OC(F)(F)Cl)cc1. The van der Waals surface area contributed by atoms with Gasteiger partial charge in [-0.15, -0.1) is 8.78 Å². The number of alkyl halides is 3. The number of aliphatic imine (C=N–C) groups is 1. The molecule has 12 heteroatoms. The summed E-state index contributed by atoms with van der Waals surface area (Å²) in [6.07, 6.45) is -0.0475. The monoisotopic (exact) mass is 497 g/mol. The predicted octanol–water partition coefficient (Wildman–Crippen LogP) is 4.53. The topological polar surface area (TPSA) is 108 Å². The zero-order chi connectivity index (χ0) is 24.2. The van der Waals surface area contributed by atoms with Crippen LogP contribution in [0.1, 0.15) is 23.7 Å². The van der Waals surface area contributed by atoms with Gasteiger partial charge in [0.2, 0.25) is 11.8 Å². The number of amidine groups is 1. The van der Waals surface area contributed by atoms with Crippen molar-refractivity contribution in [2.45, 2.75) is 24.2 Å². The third-order valence-corrected chi connectivity index (χ3v) is 5.71. The fourth-order valence-electron chi connectivity index (χ4n) is 2.90. The zero-order valence-corrected chi connectivity index (χ0v) is 18.7. The van der Waals surface area contributed by atoms with Crippen molar-refractivity contribution in [2.75, 3.05) is 11.9 Å². The molecule has 1 saturated heterocycles. The first-order chi connectivity index (χ1) is 15.6. The van der Waals surface area contributed by atoms with Gasteiger partial charge in [-0.3, -0.25) is 14.5 Å². The van der Waals surface area contributed by atoms with Gasteiger partial charge in [-0.25, -0.2) is 9.79 Å². The lowest BCUT2D eigenvalue weighted by Crippen LogP contribution is -2.45. The number of hydrogen-bond acceptors (Lipinski definition) is 6. The second-order valence-corrected chi connectivity index (χ2v) is 8.37. The van der Waals surface area contributed by atoms with Gasteiger partial charge in [0.05, 0.1) is 11.3 Å². The molecule has 2 N–H and O–H groups in total. The van der Waals surface area contributed by atoms with Gasteiger partial charge in [-0.2, -0.15) is 0 Å². The highest BCUT2D eigenvalue weighted by molar-refractivity contribution is 8.15. The fraction of sp³-hybridized carbons (Fsp3) is 0.238. The van der Waals surface area contributed by atoms with Gasteiger partial charge in [0.1, 0.15) is 11.0 Å². The maximum Gasteiger partial charge on any atom is 0.487 e. The molecular formula is C21H18ClF2N3O5S. The summed E-state index contributed by atoms with van der Waals surface area (Å²) >= 11 is 5.84. The Balaban J connectivity index is 1.75. The first kappa shape index (κ1) is 24.5. The molecule has 1 heterocycles. The molecule has 2 aromatic carbocycles. The molecule has 174 valence electrons. The molecule has 1 fully saturated rings. The van der Waals surface area contributed by atoms with Crippen molar-refractivity contribution in [3.8, 4) is 5.75 Å². The van der Waals surface area contributed by atoms with Crippen molar-refractivity contribution in [1.29, 1.82) is 0 Å². The molecule has 1 aliphatic heterocycles. The van der Waals surface area contributed by atoms with Crippen LogP contribution in [0.4, 0.5) is 20.2 Å². The summed E-state index contributed by atoms with van der Waals surface area (Å²) in [7, 11) is 0. The van der Waals surface area contributed by atoms with Crippen LogP contribution in [0, 0.1) is 0 Å². The molecule has 0 saturated carbocycles. The molecule has 1 atom stereocenters. The molecule has 0 radical (unpaired) electrons. The van der Waals surface area contributed by atoms with Crippen LogP contribution in [0.3, 0.4) is 0 Å². The number of carbonyl (C=O) groups is 3. The second-order valence-electron chi connectivity index (χ2n) is 6.76. The van der Waals surface area contributed by atoms with Crippen LogP contribution in [-0.4, -0.2) is 50.3 Å². The summed E-state index contributed by atoms with van der Waals surface area (Å²) < 4.78 is 29.8. The number of rotatable bonds is 7. The van der Waals surface area contributed by atoms with E-state index in [0.29, 0.717) is 17.9 Å². The largest absolute Gasteiger partial charge is 0.487 e. The van der Waals surface area contributed by atoms with Crippen molar-refractivity contribution in [3.05, 3.63) is 54.1 Å². The molecule has 3 rings (SSSR count). The summed E-state index contributed by atoms with van der Waals surface area (Å²) in [4.78, 5) is 42.1. The van der Waals surface area contributed by atoms with Crippen LogP contribution in [-0.2, 0) is 9.59 Å². The molecule has 0 aliphatic carbocycles. The van der Waals surface area contributed by atoms with Crippen LogP contribution in [0.2, 0.25) is 0 Å². The molecule has 33 heavy (non-hydrogen) atoms. The van der Waals surface area contributed by atoms with Crippen molar-refractivity contribution < 1.29 is 33.0 Å². The highest BCUT2D eigenvalue weighted by atomic mass is 35.5. The fourth-order valence-corrected chi connectivity index (χ4v) is 4.16. The Hall–Kier alpha value is -3.18. The Kier molecular flexibility index (Phi) is 7.54. The molecule has 1 aliphatic rings. The number of nitrogens with one attached hydrogen (secondary N) is 1. The average Bonchev–Trinajstić information content (AvgIpc) is 2.74. The standard InChI is InChI=1S/C21H18ClF2N3O5S/c1-2-27-17(28)11-16(18(29)25-13-5-3-12(4-6-13)19(30)31)33-20(27)26-14-7-9-15(10-8-14)32-21(22,23)24/h3-10,16H,2,11H2,1H3,(H,25,29)(H,30,31). The maximum absolute atomic E-state index is 12.8. The van der Waals surface area contributed by atoms with Crippen molar-refractivity contribution in [1.82, 2.24) is 4.90 Å².